The highest BCUT2D eigenvalue weighted by molar-refractivity contribution is 6.22. The van der Waals surface area contributed by atoms with Crippen molar-refractivity contribution in [3.8, 4) is 0 Å². The largest absolute Gasteiger partial charge is 0.351 e. The molecule has 160 valence electrons. The van der Waals surface area contributed by atoms with Crippen LogP contribution in [0.4, 0.5) is 0 Å². The summed E-state index contributed by atoms with van der Waals surface area (Å²) in [5.41, 5.74) is 2.42. The Balaban J connectivity index is 1.33. The van der Waals surface area contributed by atoms with Gasteiger partial charge < -0.3 is 10.2 Å². The van der Waals surface area contributed by atoms with E-state index >= 15 is 0 Å². The Morgan fingerprint density at radius 3 is 2.03 bits per heavy atom. The maximum Gasteiger partial charge on any atom is 0.262 e. The van der Waals surface area contributed by atoms with Gasteiger partial charge in [0, 0.05) is 24.7 Å². The van der Waals surface area contributed by atoms with Crippen LogP contribution in [0.2, 0.25) is 0 Å². The number of amides is 4. The normalized spacial score (nSPS) is 17.5. The topological polar surface area (TPSA) is 86.8 Å². The highest BCUT2D eigenvalue weighted by Crippen LogP contribution is 2.24. The van der Waals surface area contributed by atoms with Gasteiger partial charge in [-0.05, 0) is 51.0 Å². The number of hydrogen-bond acceptors (Lipinski definition) is 4. The number of benzene rings is 2. The summed E-state index contributed by atoms with van der Waals surface area (Å²) in [6, 6.07) is 13.1. The first-order valence-electron chi connectivity index (χ1n) is 10.5. The number of aryl methyl sites for hydroxylation is 1. The fourth-order valence-electron chi connectivity index (χ4n) is 4.10. The predicted octanol–water partition coefficient (Wildman–Crippen LogP) is 2.40. The molecule has 0 aliphatic carbocycles. The van der Waals surface area contributed by atoms with E-state index in [0.717, 1.165) is 10.5 Å². The summed E-state index contributed by atoms with van der Waals surface area (Å²) in [4.78, 5) is 53.4. The molecule has 31 heavy (non-hydrogen) atoms. The molecule has 1 unspecified atom stereocenters. The second kappa shape index (κ2) is 8.34. The van der Waals surface area contributed by atoms with Crippen molar-refractivity contribution in [3.63, 3.8) is 0 Å². The summed E-state index contributed by atoms with van der Waals surface area (Å²) in [6.07, 6.45) is 1.25. The fraction of sp³-hybridized carbons (Fsp3) is 0.333. The zero-order valence-electron chi connectivity index (χ0n) is 17.6. The molecule has 0 radical (unpaired) electrons. The molecule has 0 spiro atoms. The van der Waals surface area contributed by atoms with Crippen molar-refractivity contribution in [2.45, 2.75) is 38.8 Å². The van der Waals surface area contributed by atoms with Crippen molar-refractivity contribution in [1.82, 2.24) is 15.1 Å². The third kappa shape index (κ3) is 3.95. The second-order valence-corrected chi connectivity index (χ2v) is 8.14. The Morgan fingerprint density at radius 2 is 1.48 bits per heavy atom. The Bertz CT molecular complexity index is 1000. The Labute approximate surface area is 181 Å². The van der Waals surface area contributed by atoms with Gasteiger partial charge in [-0.15, -0.1) is 0 Å². The van der Waals surface area contributed by atoms with Crippen molar-refractivity contribution >= 4 is 23.6 Å². The summed E-state index contributed by atoms with van der Waals surface area (Å²) in [5, 5.41) is 2.95. The molecule has 1 saturated heterocycles. The van der Waals surface area contributed by atoms with Gasteiger partial charge in [0.2, 0.25) is 5.91 Å². The molecule has 2 aliphatic rings. The lowest BCUT2D eigenvalue weighted by atomic mass is 10.0. The molecule has 7 heteroatoms. The highest BCUT2D eigenvalue weighted by atomic mass is 16.2. The van der Waals surface area contributed by atoms with E-state index < -0.39 is 17.9 Å². The van der Waals surface area contributed by atoms with Crippen LogP contribution in [-0.2, 0) is 4.79 Å². The number of nitrogens with one attached hydrogen (secondary N) is 1. The molecule has 1 N–H and O–H groups in total. The molecule has 0 bridgehead atoms. The number of fused-ring (bicyclic) bond motifs is 1. The number of carbonyl (C=O) groups is 4. The van der Waals surface area contributed by atoms with E-state index in [1.54, 1.807) is 36.1 Å². The summed E-state index contributed by atoms with van der Waals surface area (Å²) >= 11 is 0. The van der Waals surface area contributed by atoms with E-state index in [4.69, 9.17) is 0 Å². The average Bonchev–Trinajstić information content (AvgIpc) is 3.04. The molecule has 1 fully saturated rings. The van der Waals surface area contributed by atoms with Crippen molar-refractivity contribution in [1.29, 1.82) is 0 Å². The molecule has 2 aromatic rings. The lowest BCUT2D eigenvalue weighted by molar-refractivity contribution is -0.125. The van der Waals surface area contributed by atoms with Crippen LogP contribution in [-0.4, -0.2) is 58.6 Å². The lowest BCUT2D eigenvalue weighted by Gasteiger charge is -2.33. The summed E-state index contributed by atoms with van der Waals surface area (Å²) in [6.45, 7) is 4.62. The molecular weight excluding hydrogens is 394 g/mol. The molecule has 2 heterocycles. The van der Waals surface area contributed by atoms with E-state index in [2.05, 4.69) is 5.32 Å². The summed E-state index contributed by atoms with van der Waals surface area (Å²) < 4.78 is 0. The van der Waals surface area contributed by atoms with E-state index in [1.165, 1.54) is 0 Å². The molecule has 0 aromatic heterocycles. The van der Waals surface area contributed by atoms with Gasteiger partial charge in [0.15, 0.2) is 0 Å². The quantitative estimate of drug-likeness (QED) is 0.771. The van der Waals surface area contributed by atoms with E-state index in [-0.39, 0.29) is 17.9 Å². The number of likely N-dealkylation sites (tertiary alicyclic amines) is 1. The van der Waals surface area contributed by atoms with Gasteiger partial charge in [0.25, 0.3) is 17.7 Å². The van der Waals surface area contributed by atoms with Crippen molar-refractivity contribution in [3.05, 3.63) is 70.8 Å². The molecule has 4 rings (SSSR count). The van der Waals surface area contributed by atoms with E-state index in [0.29, 0.717) is 42.6 Å². The van der Waals surface area contributed by atoms with Crippen LogP contribution in [0, 0.1) is 6.92 Å². The molecule has 2 aromatic carbocycles. The van der Waals surface area contributed by atoms with E-state index in [1.807, 2.05) is 31.2 Å². The number of piperidine rings is 1. The minimum atomic E-state index is -0.903. The molecule has 0 saturated carbocycles. The zero-order chi connectivity index (χ0) is 22.1. The van der Waals surface area contributed by atoms with Crippen LogP contribution < -0.4 is 5.32 Å². The maximum atomic E-state index is 12.8. The first-order valence-corrected chi connectivity index (χ1v) is 10.5. The minimum absolute atomic E-state index is 0.0100. The molecule has 4 amide bonds. The minimum Gasteiger partial charge on any atom is -0.351 e. The van der Waals surface area contributed by atoms with Gasteiger partial charge >= 0.3 is 0 Å². The molecular formula is C24H25N3O4. The van der Waals surface area contributed by atoms with Crippen LogP contribution in [0.3, 0.4) is 0 Å². The van der Waals surface area contributed by atoms with Gasteiger partial charge in [-0.1, -0.05) is 29.8 Å². The van der Waals surface area contributed by atoms with Gasteiger partial charge in [0.1, 0.15) is 6.04 Å². The Morgan fingerprint density at radius 1 is 0.935 bits per heavy atom. The van der Waals surface area contributed by atoms with Gasteiger partial charge in [0.05, 0.1) is 11.1 Å². The predicted molar refractivity (Wildman–Crippen MR) is 115 cm³/mol. The highest BCUT2D eigenvalue weighted by Gasteiger charge is 2.41. The van der Waals surface area contributed by atoms with Crippen LogP contribution in [0.25, 0.3) is 0 Å². The standard InChI is InChI=1S/C24H25N3O4/c1-15-7-9-17(10-8-15)22(29)26-13-11-18(12-14-26)25-21(28)16(2)27-23(30)19-5-3-4-6-20(19)24(27)31/h3-10,16,18H,11-14H2,1-2H3,(H,25,28). The summed E-state index contributed by atoms with van der Waals surface area (Å²) in [7, 11) is 0. The second-order valence-electron chi connectivity index (χ2n) is 8.14. The number of imide groups is 1. The fourth-order valence-corrected chi connectivity index (χ4v) is 4.10. The van der Waals surface area contributed by atoms with Crippen molar-refractivity contribution in [2.24, 2.45) is 0 Å². The Kier molecular flexibility index (Phi) is 5.59. The third-order valence-electron chi connectivity index (χ3n) is 6.02. The average molecular weight is 419 g/mol. The molecule has 7 nitrogen and oxygen atoms in total. The number of rotatable bonds is 4. The first kappa shape index (κ1) is 20.8. The SMILES string of the molecule is Cc1ccc(C(=O)N2CCC(NC(=O)C(C)N3C(=O)c4ccccc4C3=O)CC2)cc1. The zero-order valence-corrected chi connectivity index (χ0v) is 17.6. The van der Waals surface area contributed by atoms with Gasteiger partial charge in [-0.3, -0.25) is 24.1 Å². The number of hydrogen-bond donors (Lipinski definition) is 1. The van der Waals surface area contributed by atoms with Crippen LogP contribution in [0.15, 0.2) is 48.5 Å². The van der Waals surface area contributed by atoms with Gasteiger partial charge in [-0.2, -0.15) is 0 Å². The molecule has 1 atom stereocenters. The monoisotopic (exact) mass is 419 g/mol. The number of nitrogens with zero attached hydrogens (tertiary/aromatic N) is 2. The number of carbonyl (C=O) groups excluding carboxylic acids is 4. The lowest BCUT2D eigenvalue weighted by Crippen LogP contribution is -2.53. The first-order chi connectivity index (χ1) is 14.9. The molecule has 2 aliphatic heterocycles. The third-order valence-corrected chi connectivity index (χ3v) is 6.02. The maximum absolute atomic E-state index is 12.8. The Hall–Kier alpha value is -3.48. The van der Waals surface area contributed by atoms with Crippen LogP contribution >= 0.6 is 0 Å². The van der Waals surface area contributed by atoms with Crippen LogP contribution in [0.1, 0.15) is 56.4 Å². The smallest absolute Gasteiger partial charge is 0.262 e. The van der Waals surface area contributed by atoms with Crippen molar-refractivity contribution in [2.75, 3.05) is 13.1 Å². The summed E-state index contributed by atoms with van der Waals surface area (Å²) in [5.74, 6) is -1.26. The van der Waals surface area contributed by atoms with Crippen LogP contribution in [0.5, 0.6) is 0 Å². The van der Waals surface area contributed by atoms with Crippen molar-refractivity contribution < 1.29 is 19.2 Å². The van der Waals surface area contributed by atoms with Gasteiger partial charge in [-0.25, -0.2) is 0 Å². The van der Waals surface area contributed by atoms with E-state index in [9.17, 15) is 19.2 Å².